The summed E-state index contributed by atoms with van der Waals surface area (Å²) in [6.45, 7) is 0.592. The zero-order valence-corrected chi connectivity index (χ0v) is 12.0. The van der Waals surface area contributed by atoms with Crippen LogP contribution in [-0.4, -0.2) is 35.6 Å². The Balaban J connectivity index is 1.71. The number of hydrogen-bond acceptors (Lipinski definition) is 3. The van der Waals surface area contributed by atoms with E-state index in [1.165, 1.54) is 19.3 Å². The van der Waals surface area contributed by atoms with E-state index >= 15 is 0 Å². The van der Waals surface area contributed by atoms with Gasteiger partial charge in [0.15, 0.2) is 0 Å². The molecular weight excluding hydrogens is 274 g/mol. The summed E-state index contributed by atoms with van der Waals surface area (Å²) in [5, 5.41) is 14.1. The molecule has 0 aliphatic heterocycles. The highest BCUT2D eigenvalue weighted by atomic mass is 16.4. The van der Waals surface area contributed by atoms with Gasteiger partial charge in [0.05, 0.1) is 0 Å². The molecule has 7 nitrogen and oxygen atoms in total. The van der Waals surface area contributed by atoms with E-state index in [-0.39, 0.29) is 12.8 Å². The Morgan fingerprint density at radius 2 is 2.00 bits per heavy atom. The van der Waals surface area contributed by atoms with Crippen molar-refractivity contribution >= 4 is 17.9 Å². The topological polar surface area (TPSA) is 122 Å². The highest BCUT2D eigenvalue weighted by Crippen LogP contribution is 2.47. The Kier molecular flexibility index (Phi) is 5.03. The molecule has 0 heterocycles. The van der Waals surface area contributed by atoms with Crippen LogP contribution < -0.4 is 16.4 Å². The monoisotopic (exact) mass is 297 g/mol. The van der Waals surface area contributed by atoms with Crippen LogP contribution in [0.2, 0.25) is 0 Å². The smallest absolute Gasteiger partial charge is 0.326 e. The quantitative estimate of drug-likeness (QED) is 0.544. The number of carboxylic acids is 1. The van der Waals surface area contributed by atoms with E-state index < -0.39 is 23.9 Å². The van der Waals surface area contributed by atoms with Crippen molar-refractivity contribution in [2.24, 2.45) is 23.5 Å². The first kappa shape index (κ1) is 15.6. The van der Waals surface area contributed by atoms with Crippen LogP contribution in [0.1, 0.15) is 38.5 Å². The maximum Gasteiger partial charge on any atom is 0.326 e. The molecule has 4 unspecified atom stereocenters. The van der Waals surface area contributed by atoms with E-state index in [0.717, 1.165) is 12.3 Å². The summed E-state index contributed by atoms with van der Waals surface area (Å²) in [5.74, 6) is 0.299. The first-order valence-electron chi connectivity index (χ1n) is 7.51. The lowest BCUT2D eigenvalue weighted by atomic mass is 9.89. The number of carbonyl (C=O) groups excluding carboxylic acids is 2. The van der Waals surface area contributed by atoms with E-state index in [1.807, 2.05) is 0 Å². The molecule has 2 fully saturated rings. The average Bonchev–Trinajstić information content (AvgIpc) is 3.02. The van der Waals surface area contributed by atoms with Gasteiger partial charge >= 0.3 is 12.0 Å². The number of fused-ring (bicyclic) bond motifs is 2. The van der Waals surface area contributed by atoms with Crippen LogP contribution in [0.4, 0.5) is 4.79 Å². The van der Waals surface area contributed by atoms with E-state index in [2.05, 4.69) is 10.6 Å². The minimum atomic E-state index is -1.16. The molecule has 0 aromatic heterocycles. The van der Waals surface area contributed by atoms with Crippen molar-refractivity contribution < 1.29 is 19.5 Å². The number of aliphatic carboxylic acids is 1. The number of nitrogens with one attached hydrogen (secondary N) is 2. The second kappa shape index (κ2) is 6.78. The van der Waals surface area contributed by atoms with Gasteiger partial charge in [0, 0.05) is 13.0 Å². The van der Waals surface area contributed by atoms with E-state index in [1.54, 1.807) is 0 Å². The fourth-order valence-electron chi connectivity index (χ4n) is 3.60. The SMILES string of the molecule is NC(=O)CCC(NC(=O)NCC1CC2CCC1C2)C(=O)O. The zero-order chi connectivity index (χ0) is 15.4. The van der Waals surface area contributed by atoms with Gasteiger partial charge in [-0.1, -0.05) is 6.42 Å². The van der Waals surface area contributed by atoms with Gasteiger partial charge in [0.2, 0.25) is 5.91 Å². The Morgan fingerprint density at radius 3 is 2.52 bits per heavy atom. The Morgan fingerprint density at radius 1 is 1.24 bits per heavy atom. The number of nitrogens with two attached hydrogens (primary N) is 1. The maximum atomic E-state index is 11.8. The van der Waals surface area contributed by atoms with Crippen LogP contribution in [-0.2, 0) is 9.59 Å². The summed E-state index contributed by atoms with van der Waals surface area (Å²) < 4.78 is 0. The fraction of sp³-hybridized carbons (Fsp3) is 0.786. The van der Waals surface area contributed by atoms with Crippen molar-refractivity contribution in [1.82, 2.24) is 10.6 Å². The van der Waals surface area contributed by atoms with Gasteiger partial charge in [-0.15, -0.1) is 0 Å². The molecule has 4 atom stereocenters. The van der Waals surface area contributed by atoms with Crippen molar-refractivity contribution in [3.8, 4) is 0 Å². The second-order valence-electron chi connectivity index (χ2n) is 6.19. The third kappa shape index (κ3) is 4.34. The summed E-state index contributed by atoms with van der Waals surface area (Å²) in [4.78, 5) is 33.5. The minimum absolute atomic E-state index is 0.00616. The van der Waals surface area contributed by atoms with Crippen LogP contribution in [0.5, 0.6) is 0 Å². The minimum Gasteiger partial charge on any atom is -0.480 e. The Bertz CT molecular complexity index is 426. The van der Waals surface area contributed by atoms with Crippen molar-refractivity contribution in [1.29, 1.82) is 0 Å². The van der Waals surface area contributed by atoms with E-state index in [4.69, 9.17) is 10.8 Å². The molecule has 2 bridgehead atoms. The molecule has 7 heteroatoms. The Labute approximate surface area is 123 Å². The first-order chi connectivity index (χ1) is 9.95. The molecule has 0 saturated heterocycles. The number of rotatable bonds is 7. The van der Waals surface area contributed by atoms with Gasteiger partial charge in [0.25, 0.3) is 0 Å². The lowest BCUT2D eigenvalue weighted by Crippen LogP contribution is -2.47. The van der Waals surface area contributed by atoms with Crippen LogP contribution in [0.15, 0.2) is 0 Å². The molecule has 2 rings (SSSR count). The van der Waals surface area contributed by atoms with Gasteiger partial charge in [-0.2, -0.15) is 0 Å². The van der Waals surface area contributed by atoms with Gasteiger partial charge in [0.1, 0.15) is 6.04 Å². The van der Waals surface area contributed by atoms with E-state index in [0.29, 0.717) is 18.4 Å². The lowest BCUT2D eigenvalue weighted by Gasteiger charge is -2.22. The number of carboxylic acid groups (broad SMARTS) is 1. The molecule has 5 N–H and O–H groups in total. The van der Waals surface area contributed by atoms with Crippen LogP contribution in [0.3, 0.4) is 0 Å². The van der Waals surface area contributed by atoms with Gasteiger partial charge in [-0.25, -0.2) is 9.59 Å². The average molecular weight is 297 g/mol. The third-order valence-corrected chi connectivity index (χ3v) is 4.69. The summed E-state index contributed by atoms with van der Waals surface area (Å²) in [7, 11) is 0. The molecule has 2 saturated carbocycles. The van der Waals surface area contributed by atoms with Crippen molar-refractivity contribution in [2.75, 3.05) is 6.54 Å². The molecule has 0 spiro atoms. The summed E-state index contributed by atoms with van der Waals surface area (Å²) >= 11 is 0. The highest BCUT2D eigenvalue weighted by molar-refractivity contribution is 5.83. The largest absolute Gasteiger partial charge is 0.480 e. The summed E-state index contributed by atoms with van der Waals surface area (Å²) in [5.41, 5.74) is 4.99. The fourth-order valence-corrected chi connectivity index (χ4v) is 3.60. The van der Waals surface area contributed by atoms with Gasteiger partial charge in [-0.05, 0) is 43.4 Å². The zero-order valence-electron chi connectivity index (χ0n) is 12.0. The second-order valence-corrected chi connectivity index (χ2v) is 6.19. The van der Waals surface area contributed by atoms with Crippen molar-refractivity contribution in [3.63, 3.8) is 0 Å². The molecular formula is C14H23N3O4. The molecule has 3 amide bonds. The number of amides is 3. The Hall–Kier alpha value is -1.79. The van der Waals surface area contributed by atoms with Crippen LogP contribution in [0.25, 0.3) is 0 Å². The predicted molar refractivity (Wildman–Crippen MR) is 75.3 cm³/mol. The maximum absolute atomic E-state index is 11.8. The number of primary amides is 1. The summed E-state index contributed by atoms with van der Waals surface area (Å²) in [6.07, 6.45) is 4.92. The molecule has 118 valence electrons. The van der Waals surface area contributed by atoms with Crippen molar-refractivity contribution in [2.45, 2.75) is 44.6 Å². The van der Waals surface area contributed by atoms with E-state index in [9.17, 15) is 14.4 Å². The third-order valence-electron chi connectivity index (χ3n) is 4.69. The lowest BCUT2D eigenvalue weighted by molar-refractivity contribution is -0.139. The van der Waals surface area contributed by atoms with Gasteiger partial charge < -0.3 is 21.5 Å². The first-order valence-corrected chi connectivity index (χ1v) is 7.51. The van der Waals surface area contributed by atoms with Gasteiger partial charge in [-0.3, -0.25) is 4.79 Å². The summed E-state index contributed by atoms with van der Waals surface area (Å²) in [6, 6.07) is -1.58. The number of hydrogen-bond donors (Lipinski definition) is 4. The number of urea groups is 1. The molecule has 2 aliphatic rings. The predicted octanol–water partition coefficient (Wildman–Crippen LogP) is 0.440. The van der Waals surface area contributed by atoms with Crippen molar-refractivity contribution in [3.05, 3.63) is 0 Å². The molecule has 21 heavy (non-hydrogen) atoms. The van der Waals surface area contributed by atoms with Crippen LogP contribution in [0, 0.1) is 17.8 Å². The van der Waals surface area contributed by atoms with Crippen LogP contribution >= 0.6 is 0 Å². The standard InChI is InChI=1S/C14H23N3O4/c15-12(18)4-3-11(13(19)20)17-14(21)16-7-10-6-8-1-2-9(10)5-8/h8-11H,1-7H2,(H2,15,18)(H,19,20)(H2,16,17,21). The molecule has 0 aromatic rings. The normalized spacial score (nSPS) is 28.1. The highest BCUT2D eigenvalue weighted by Gasteiger charge is 2.39. The molecule has 0 aromatic carbocycles. The molecule has 2 aliphatic carbocycles. The molecule has 0 radical (unpaired) electrons. The number of carbonyl (C=O) groups is 3.